The molecule has 1 aliphatic rings. The monoisotopic (exact) mass is 340 g/mol. The van der Waals surface area contributed by atoms with E-state index in [2.05, 4.69) is 33.4 Å². The predicted octanol–water partition coefficient (Wildman–Crippen LogP) is 2.00. The summed E-state index contributed by atoms with van der Waals surface area (Å²) in [4.78, 5) is 12.1. The molecule has 1 aliphatic heterocycles. The fourth-order valence-electron chi connectivity index (χ4n) is 2.43. The van der Waals surface area contributed by atoms with Gasteiger partial charge in [0, 0.05) is 17.1 Å². The number of rotatable bonds is 5. The number of amides is 1. The van der Waals surface area contributed by atoms with Crippen LogP contribution < -0.4 is 11.1 Å². The lowest BCUT2D eigenvalue weighted by molar-refractivity contribution is -0.132. The molecule has 20 heavy (non-hydrogen) atoms. The third-order valence-electron chi connectivity index (χ3n) is 3.51. The number of hydrogen-bond acceptors (Lipinski definition) is 3. The summed E-state index contributed by atoms with van der Waals surface area (Å²) >= 11 is 3.41. The van der Waals surface area contributed by atoms with E-state index in [9.17, 15) is 4.79 Å². The maximum absolute atomic E-state index is 12.1. The van der Waals surface area contributed by atoms with E-state index in [-0.39, 0.29) is 24.2 Å². The average molecular weight is 341 g/mol. The highest BCUT2D eigenvalue weighted by Gasteiger charge is 2.30. The number of nitrogens with one attached hydrogen (secondary N) is 1. The molecule has 4 nitrogen and oxygen atoms in total. The molecule has 0 spiro atoms. The summed E-state index contributed by atoms with van der Waals surface area (Å²) in [7, 11) is 0. The first-order chi connectivity index (χ1) is 9.58. The molecular formula is C15H21BrN2O2. The second-order valence-electron chi connectivity index (χ2n) is 5.30. The number of halogens is 1. The Morgan fingerprint density at radius 1 is 1.45 bits per heavy atom. The third kappa shape index (κ3) is 4.30. The quantitative estimate of drug-likeness (QED) is 0.861. The SMILES string of the molecule is CC(Cc1ccc(Br)cc1)NC(=O)C1CCC(CN)O1. The molecule has 3 atom stereocenters. The van der Waals surface area contributed by atoms with Gasteiger partial charge in [-0.3, -0.25) is 4.79 Å². The van der Waals surface area contributed by atoms with Gasteiger partial charge in [-0.2, -0.15) is 0 Å². The van der Waals surface area contributed by atoms with Crippen molar-refractivity contribution < 1.29 is 9.53 Å². The molecule has 3 unspecified atom stereocenters. The van der Waals surface area contributed by atoms with Crippen molar-refractivity contribution in [2.75, 3.05) is 6.54 Å². The molecule has 0 saturated carbocycles. The molecule has 1 heterocycles. The van der Waals surface area contributed by atoms with Crippen LogP contribution in [0, 0.1) is 0 Å². The van der Waals surface area contributed by atoms with Crippen molar-refractivity contribution in [1.29, 1.82) is 0 Å². The maximum Gasteiger partial charge on any atom is 0.249 e. The van der Waals surface area contributed by atoms with Crippen LogP contribution in [-0.4, -0.2) is 30.7 Å². The van der Waals surface area contributed by atoms with Gasteiger partial charge in [-0.15, -0.1) is 0 Å². The minimum absolute atomic E-state index is 0.0226. The molecule has 1 saturated heterocycles. The molecule has 0 aromatic heterocycles. The van der Waals surface area contributed by atoms with Crippen LogP contribution in [0.5, 0.6) is 0 Å². The molecule has 110 valence electrons. The van der Waals surface area contributed by atoms with Crippen LogP contribution in [-0.2, 0) is 16.0 Å². The first-order valence-corrected chi connectivity index (χ1v) is 7.78. The van der Waals surface area contributed by atoms with Crippen LogP contribution in [0.15, 0.2) is 28.7 Å². The van der Waals surface area contributed by atoms with Crippen molar-refractivity contribution in [3.63, 3.8) is 0 Å². The van der Waals surface area contributed by atoms with Gasteiger partial charge in [0.05, 0.1) is 6.10 Å². The van der Waals surface area contributed by atoms with Crippen molar-refractivity contribution in [2.45, 2.75) is 44.4 Å². The molecule has 1 aromatic rings. The van der Waals surface area contributed by atoms with E-state index >= 15 is 0 Å². The van der Waals surface area contributed by atoms with E-state index in [1.165, 1.54) is 5.56 Å². The molecule has 2 rings (SSSR count). The Bertz CT molecular complexity index is 450. The number of ether oxygens (including phenoxy) is 1. The zero-order chi connectivity index (χ0) is 14.5. The van der Waals surface area contributed by atoms with Crippen LogP contribution in [0.1, 0.15) is 25.3 Å². The van der Waals surface area contributed by atoms with Crippen LogP contribution in [0.25, 0.3) is 0 Å². The molecule has 1 amide bonds. The van der Waals surface area contributed by atoms with Crippen molar-refractivity contribution in [1.82, 2.24) is 5.32 Å². The molecule has 0 radical (unpaired) electrons. The Hall–Kier alpha value is -0.910. The lowest BCUT2D eigenvalue weighted by Crippen LogP contribution is -2.41. The summed E-state index contributed by atoms with van der Waals surface area (Å²) in [6.45, 7) is 2.49. The van der Waals surface area contributed by atoms with E-state index in [1.54, 1.807) is 0 Å². The van der Waals surface area contributed by atoms with Crippen molar-refractivity contribution in [3.8, 4) is 0 Å². The smallest absolute Gasteiger partial charge is 0.249 e. The molecule has 1 aromatic carbocycles. The first-order valence-electron chi connectivity index (χ1n) is 6.99. The molecule has 5 heteroatoms. The second kappa shape index (κ2) is 7.20. The number of hydrogen-bond donors (Lipinski definition) is 2. The van der Waals surface area contributed by atoms with Gasteiger partial charge in [-0.05, 0) is 43.9 Å². The summed E-state index contributed by atoms with van der Waals surface area (Å²) in [6.07, 6.45) is 2.14. The first kappa shape index (κ1) is 15.5. The van der Waals surface area contributed by atoms with Crippen molar-refractivity contribution >= 4 is 21.8 Å². The summed E-state index contributed by atoms with van der Waals surface area (Å²) in [5.41, 5.74) is 6.75. The summed E-state index contributed by atoms with van der Waals surface area (Å²) < 4.78 is 6.66. The van der Waals surface area contributed by atoms with Crippen LogP contribution in [0.4, 0.5) is 0 Å². The van der Waals surface area contributed by atoms with Gasteiger partial charge < -0.3 is 15.8 Å². The minimum atomic E-state index is -0.337. The zero-order valence-electron chi connectivity index (χ0n) is 11.6. The highest BCUT2D eigenvalue weighted by atomic mass is 79.9. The van der Waals surface area contributed by atoms with Gasteiger partial charge in [-0.1, -0.05) is 28.1 Å². The van der Waals surface area contributed by atoms with Gasteiger partial charge in [0.25, 0.3) is 0 Å². The lowest BCUT2D eigenvalue weighted by Gasteiger charge is -2.17. The van der Waals surface area contributed by atoms with Crippen molar-refractivity contribution in [3.05, 3.63) is 34.3 Å². The van der Waals surface area contributed by atoms with Crippen LogP contribution in [0.2, 0.25) is 0 Å². The van der Waals surface area contributed by atoms with E-state index in [1.807, 2.05) is 19.1 Å². The van der Waals surface area contributed by atoms with Gasteiger partial charge >= 0.3 is 0 Å². The van der Waals surface area contributed by atoms with E-state index < -0.39 is 0 Å². The Morgan fingerprint density at radius 3 is 2.75 bits per heavy atom. The largest absolute Gasteiger partial charge is 0.364 e. The van der Waals surface area contributed by atoms with Gasteiger partial charge in [0.2, 0.25) is 5.91 Å². The standard InChI is InChI=1S/C15H21BrN2O2/c1-10(8-11-2-4-12(16)5-3-11)18-15(19)14-7-6-13(9-17)20-14/h2-5,10,13-14H,6-9,17H2,1H3,(H,18,19). The average Bonchev–Trinajstić information content (AvgIpc) is 2.90. The fourth-order valence-corrected chi connectivity index (χ4v) is 2.70. The Morgan fingerprint density at radius 2 is 2.15 bits per heavy atom. The van der Waals surface area contributed by atoms with Gasteiger partial charge in [-0.25, -0.2) is 0 Å². The normalized spacial score (nSPS) is 23.6. The van der Waals surface area contributed by atoms with Crippen LogP contribution in [0.3, 0.4) is 0 Å². The van der Waals surface area contributed by atoms with E-state index in [4.69, 9.17) is 10.5 Å². The molecular weight excluding hydrogens is 320 g/mol. The highest BCUT2D eigenvalue weighted by molar-refractivity contribution is 9.10. The number of carbonyl (C=O) groups excluding carboxylic acids is 1. The summed E-state index contributed by atoms with van der Waals surface area (Å²) in [5.74, 6) is -0.0226. The number of carbonyl (C=O) groups is 1. The molecule has 0 bridgehead atoms. The minimum Gasteiger partial charge on any atom is -0.364 e. The molecule has 3 N–H and O–H groups in total. The Labute approximate surface area is 128 Å². The van der Waals surface area contributed by atoms with E-state index in [0.29, 0.717) is 6.54 Å². The number of nitrogens with two attached hydrogens (primary N) is 1. The van der Waals surface area contributed by atoms with Crippen molar-refractivity contribution in [2.24, 2.45) is 5.73 Å². The molecule has 0 aliphatic carbocycles. The maximum atomic E-state index is 12.1. The predicted molar refractivity (Wildman–Crippen MR) is 82.4 cm³/mol. The zero-order valence-corrected chi connectivity index (χ0v) is 13.2. The Kier molecular flexibility index (Phi) is 5.57. The third-order valence-corrected chi connectivity index (χ3v) is 4.04. The van der Waals surface area contributed by atoms with Gasteiger partial charge in [0.15, 0.2) is 0 Å². The summed E-state index contributed by atoms with van der Waals surface area (Å²) in [5, 5.41) is 3.01. The Balaban J connectivity index is 1.80. The lowest BCUT2D eigenvalue weighted by atomic mass is 10.1. The van der Waals surface area contributed by atoms with Crippen LogP contribution >= 0.6 is 15.9 Å². The second-order valence-corrected chi connectivity index (χ2v) is 6.22. The highest BCUT2D eigenvalue weighted by Crippen LogP contribution is 2.19. The summed E-state index contributed by atoms with van der Waals surface area (Å²) in [6, 6.07) is 8.22. The fraction of sp³-hybridized carbons (Fsp3) is 0.533. The van der Waals surface area contributed by atoms with E-state index in [0.717, 1.165) is 23.7 Å². The molecule has 1 fully saturated rings. The number of benzene rings is 1. The van der Waals surface area contributed by atoms with Gasteiger partial charge in [0.1, 0.15) is 6.10 Å². The topological polar surface area (TPSA) is 64.4 Å².